The molecule has 2 aromatic carbocycles. The van der Waals surface area contributed by atoms with Gasteiger partial charge < -0.3 is 14.6 Å². The number of aromatic nitrogens is 1. The van der Waals surface area contributed by atoms with Gasteiger partial charge in [0.05, 0.1) is 0 Å². The summed E-state index contributed by atoms with van der Waals surface area (Å²) in [4.78, 5) is 24.1. The van der Waals surface area contributed by atoms with Crippen molar-refractivity contribution < 1.29 is 9.53 Å². The third-order valence-electron chi connectivity index (χ3n) is 4.73. The molecule has 0 aliphatic carbocycles. The van der Waals surface area contributed by atoms with Gasteiger partial charge in [0.15, 0.2) is 0 Å². The van der Waals surface area contributed by atoms with E-state index in [9.17, 15) is 9.59 Å². The van der Waals surface area contributed by atoms with E-state index in [-0.39, 0.29) is 11.5 Å². The highest BCUT2D eigenvalue weighted by Crippen LogP contribution is 2.14. The Hall–Kier alpha value is -3.34. The molecule has 0 aliphatic heterocycles. The number of hydrogen-bond acceptors (Lipinski definition) is 3. The van der Waals surface area contributed by atoms with Crippen LogP contribution in [-0.4, -0.2) is 17.0 Å². The van der Waals surface area contributed by atoms with Gasteiger partial charge in [-0.05, 0) is 55.7 Å². The fourth-order valence-corrected chi connectivity index (χ4v) is 3.05. The monoisotopic (exact) mass is 390 g/mol. The fourth-order valence-electron chi connectivity index (χ4n) is 3.05. The van der Waals surface area contributed by atoms with E-state index in [1.165, 1.54) is 0 Å². The Morgan fingerprint density at radius 3 is 2.41 bits per heavy atom. The molecule has 0 spiro atoms. The number of carbonyl (C=O) groups is 1. The molecule has 0 fully saturated rings. The average Bonchev–Trinajstić information content (AvgIpc) is 2.75. The van der Waals surface area contributed by atoms with E-state index in [4.69, 9.17) is 4.74 Å². The number of hydrogen-bond donors (Lipinski definition) is 1. The zero-order chi connectivity index (χ0) is 20.5. The first-order chi connectivity index (χ1) is 14.1. The molecule has 1 heterocycles. The van der Waals surface area contributed by atoms with E-state index in [1.807, 2.05) is 55.5 Å². The highest BCUT2D eigenvalue weighted by Gasteiger charge is 2.06. The molecule has 3 aromatic rings. The summed E-state index contributed by atoms with van der Waals surface area (Å²) in [6.07, 6.45) is 1.64. The lowest BCUT2D eigenvalue weighted by atomic mass is 10.2. The van der Waals surface area contributed by atoms with Crippen molar-refractivity contribution >= 4 is 5.91 Å². The molecule has 0 bridgehead atoms. The third kappa shape index (κ3) is 6.07. The highest BCUT2D eigenvalue weighted by atomic mass is 16.5. The third-order valence-corrected chi connectivity index (χ3v) is 4.73. The molecule has 0 saturated heterocycles. The van der Waals surface area contributed by atoms with Gasteiger partial charge in [-0.2, -0.15) is 0 Å². The maximum atomic E-state index is 12.3. The number of amides is 1. The van der Waals surface area contributed by atoms with Gasteiger partial charge in [0.2, 0.25) is 0 Å². The zero-order valence-corrected chi connectivity index (χ0v) is 16.6. The lowest BCUT2D eigenvalue weighted by Crippen LogP contribution is -2.25. The van der Waals surface area contributed by atoms with Crippen LogP contribution in [0.2, 0.25) is 0 Å². The van der Waals surface area contributed by atoms with Crippen LogP contribution in [0.5, 0.6) is 5.75 Å². The fraction of sp³-hybridized carbons (Fsp3) is 0.250. The largest absolute Gasteiger partial charge is 0.489 e. The molecule has 1 N–H and O–H groups in total. The SMILES string of the molecule is Cc1cccc(=O)n1CCCCNC(=O)c1ccc(OCc2ccccc2)cc1. The molecular formula is C24H26N2O3. The molecule has 3 rings (SSSR count). The van der Waals surface area contributed by atoms with E-state index in [2.05, 4.69) is 5.32 Å². The average molecular weight is 390 g/mol. The molecule has 0 unspecified atom stereocenters. The van der Waals surface area contributed by atoms with Gasteiger partial charge in [0.1, 0.15) is 12.4 Å². The van der Waals surface area contributed by atoms with Crippen molar-refractivity contribution in [3.63, 3.8) is 0 Å². The molecule has 1 aromatic heterocycles. The number of carbonyl (C=O) groups excluding carboxylic acids is 1. The Bertz CT molecular complexity index is 979. The van der Waals surface area contributed by atoms with Crippen LogP contribution in [0.15, 0.2) is 77.6 Å². The van der Waals surface area contributed by atoms with Crippen LogP contribution in [0.4, 0.5) is 0 Å². The summed E-state index contributed by atoms with van der Waals surface area (Å²) >= 11 is 0. The van der Waals surface area contributed by atoms with E-state index in [0.29, 0.717) is 25.3 Å². The van der Waals surface area contributed by atoms with E-state index in [1.54, 1.807) is 28.8 Å². The van der Waals surface area contributed by atoms with Crippen molar-refractivity contribution in [1.29, 1.82) is 0 Å². The van der Waals surface area contributed by atoms with Crippen molar-refractivity contribution in [2.45, 2.75) is 32.9 Å². The summed E-state index contributed by atoms with van der Waals surface area (Å²) < 4.78 is 7.50. The van der Waals surface area contributed by atoms with Crippen molar-refractivity contribution in [2.75, 3.05) is 6.54 Å². The molecule has 0 radical (unpaired) electrons. The van der Waals surface area contributed by atoms with Gasteiger partial charge in [-0.15, -0.1) is 0 Å². The van der Waals surface area contributed by atoms with Crippen molar-refractivity contribution in [3.05, 3.63) is 100.0 Å². The van der Waals surface area contributed by atoms with Crippen LogP contribution in [0.3, 0.4) is 0 Å². The second-order valence-electron chi connectivity index (χ2n) is 6.92. The van der Waals surface area contributed by atoms with Gasteiger partial charge in [-0.1, -0.05) is 36.4 Å². The number of rotatable bonds is 9. The van der Waals surface area contributed by atoms with Crippen LogP contribution in [0.25, 0.3) is 0 Å². The number of nitrogens with one attached hydrogen (secondary N) is 1. The van der Waals surface area contributed by atoms with Gasteiger partial charge in [0, 0.05) is 30.4 Å². The molecule has 0 saturated carbocycles. The lowest BCUT2D eigenvalue weighted by Gasteiger charge is -2.10. The van der Waals surface area contributed by atoms with Crippen molar-refractivity contribution in [1.82, 2.24) is 9.88 Å². The quantitative estimate of drug-likeness (QED) is 0.563. The number of pyridine rings is 1. The van der Waals surface area contributed by atoms with E-state index < -0.39 is 0 Å². The van der Waals surface area contributed by atoms with Gasteiger partial charge in [-0.3, -0.25) is 9.59 Å². The predicted octanol–water partition coefficient (Wildman–Crippen LogP) is 3.95. The molecule has 1 amide bonds. The zero-order valence-electron chi connectivity index (χ0n) is 16.6. The van der Waals surface area contributed by atoms with E-state index >= 15 is 0 Å². The minimum absolute atomic E-state index is 0.0172. The Balaban J connectivity index is 1.39. The number of ether oxygens (including phenoxy) is 1. The Kier molecular flexibility index (Phi) is 7.22. The molecule has 150 valence electrons. The topological polar surface area (TPSA) is 60.3 Å². The summed E-state index contributed by atoms with van der Waals surface area (Å²) in [6.45, 7) is 3.66. The molecule has 29 heavy (non-hydrogen) atoms. The predicted molar refractivity (Wildman–Crippen MR) is 114 cm³/mol. The van der Waals surface area contributed by atoms with Crippen LogP contribution < -0.4 is 15.6 Å². The molecule has 0 aliphatic rings. The summed E-state index contributed by atoms with van der Waals surface area (Å²) in [7, 11) is 0. The molecule has 0 atom stereocenters. The van der Waals surface area contributed by atoms with Gasteiger partial charge >= 0.3 is 0 Å². The summed E-state index contributed by atoms with van der Waals surface area (Å²) in [5, 5.41) is 2.92. The summed E-state index contributed by atoms with van der Waals surface area (Å²) in [6, 6.07) is 22.4. The Morgan fingerprint density at radius 1 is 0.931 bits per heavy atom. The van der Waals surface area contributed by atoms with Gasteiger partial charge in [0.25, 0.3) is 11.5 Å². The smallest absolute Gasteiger partial charge is 0.251 e. The van der Waals surface area contributed by atoms with Crippen LogP contribution >= 0.6 is 0 Å². The number of benzene rings is 2. The first-order valence-electron chi connectivity index (χ1n) is 9.85. The van der Waals surface area contributed by atoms with Crippen molar-refractivity contribution in [3.8, 4) is 5.75 Å². The molecule has 5 nitrogen and oxygen atoms in total. The first kappa shape index (κ1) is 20.4. The second kappa shape index (κ2) is 10.3. The maximum Gasteiger partial charge on any atom is 0.251 e. The van der Waals surface area contributed by atoms with Crippen LogP contribution in [0.1, 0.15) is 34.5 Å². The lowest BCUT2D eigenvalue weighted by molar-refractivity contribution is 0.0953. The highest BCUT2D eigenvalue weighted by molar-refractivity contribution is 5.94. The summed E-state index contributed by atoms with van der Waals surface area (Å²) in [5.41, 5.74) is 2.68. The number of aryl methyl sites for hydroxylation is 1. The van der Waals surface area contributed by atoms with Crippen molar-refractivity contribution in [2.24, 2.45) is 0 Å². The van der Waals surface area contributed by atoms with Crippen LogP contribution in [-0.2, 0) is 13.2 Å². The number of nitrogens with zero attached hydrogens (tertiary/aromatic N) is 1. The maximum absolute atomic E-state index is 12.3. The normalized spacial score (nSPS) is 10.5. The Labute approximate surface area is 171 Å². The molecular weight excluding hydrogens is 364 g/mol. The van der Waals surface area contributed by atoms with Crippen LogP contribution in [0, 0.1) is 6.92 Å². The first-order valence-corrected chi connectivity index (χ1v) is 9.85. The molecule has 5 heteroatoms. The standard InChI is InChI=1S/C24H26N2O3/c1-19-8-7-11-23(27)26(19)17-6-5-16-25-24(28)21-12-14-22(15-13-21)29-18-20-9-3-2-4-10-20/h2-4,7-15H,5-6,16-18H2,1H3,(H,25,28). The number of unbranched alkanes of at least 4 members (excludes halogenated alkanes) is 1. The minimum Gasteiger partial charge on any atom is -0.489 e. The minimum atomic E-state index is -0.104. The van der Waals surface area contributed by atoms with E-state index in [0.717, 1.165) is 29.8 Å². The Morgan fingerprint density at radius 2 is 1.69 bits per heavy atom. The second-order valence-corrected chi connectivity index (χ2v) is 6.92. The summed E-state index contributed by atoms with van der Waals surface area (Å²) in [5.74, 6) is 0.627. The van der Waals surface area contributed by atoms with Gasteiger partial charge in [-0.25, -0.2) is 0 Å².